The van der Waals surface area contributed by atoms with Gasteiger partial charge in [0.25, 0.3) is 0 Å². The summed E-state index contributed by atoms with van der Waals surface area (Å²) in [6, 6.07) is 14.3. The molecule has 0 bridgehead atoms. The van der Waals surface area contributed by atoms with Gasteiger partial charge in [-0.3, -0.25) is 5.10 Å². The van der Waals surface area contributed by atoms with Crippen LogP contribution in [0.5, 0.6) is 0 Å². The minimum atomic E-state index is -0.00236. The van der Waals surface area contributed by atoms with Gasteiger partial charge < -0.3 is 10.3 Å². The third-order valence-corrected chi connectivity index (χ3v) is 4.07. The molecule has 23 heavy (non-hydrogen) atoms. The van der Waals surface area contributed by atoms with Gasteiger partial charge in [0.1, 0.15) is 5.65 Å². The van der Waals surface area contributed by atoms with Gasteiger partial charge in [-0.05, 0) is 36.8 Å². The maximum absolute atomic E-state index is 4.39. The van der Waals surface area contributed by atoms with Crippen LogP contribution in [0.1, 0.15) is 22.9 Å². The van der Waals surface area contributed by atoms with Crippen LogP contribution in [0, 0.1) is 6.92 Å². The molecule has 3 heterocycles. The van der Waals surface area contributed by atoms with Gasteiger partial charge in [0.2, 0.25) is 0 Å². The van der Waals surface area contributed by atoms with Gasteiger partial charge in [0.15, 0.2) is 0 Å². The zero-order valence-corrected chi connectivity index (χ0v) is 12.7. The Labute approximate surface area is 133 Å². The number of aryl methyl sites for hydroxylation is 1. The van der Waals surface area contributed by atoms with Crippen molar-refractivity contribution in [3.05, 3.63) is 77.9 Å². The number of hydrogen-bond donors (Lipinski definition) is 3. The summed E-state index contributed by atoms with van der Waals surface area (Å²) in [4.78, 5) is 7.56. The Bertz CT molecular complexity index is 923. The highest BCUT2D eigenvalue weighted by Crippen LogP contribution is 2.31. The first-order valence-corrected chi connectivity index (χ1v) is 7.57. The monoisotopic (exact) mass is 303 g/mol. The average Bonchev–Trinajstić information content (AvgIpc) is 3.22. The van der Waals surface area contributed by atoms with Crippen LogP contribution in [0.3, 0.4) is 0 Å². The van der Waals surface area contributed by atoms with Crippen LogP contribution in [0.2, 0.25) is 0 Å². The molecule has 0 fully saturated rings. The Morgan fingerprint density at radius 1 is 1.04 bits per heavy atom. The predicted octanol–water partition coefficient (Wildman–Crippen LogP) is 3.80. The zero-order chi connectivity index (χ0) is 15.6. The lowest BCUT2D eigenvalue weighted by atomic mass is 9.97. The number of fused-ring (bicyclic) bond motifs is 1. The molecule has 1 aromatic carbocycles. The molecule has 114 valence electrons. The highest BCUT2D eigenvalue weighted by molar-refractivity contribution is 5.81. The summed E-state index contributed by atoms with van der Waals surface area (Å²) in [5.74, 6) is 0. The quantitative estimate of drug-likeness (QED) is 0.537. The molecule has 0 amide bonds. The minimum absolute atomic E-state index is 0.00236. The van der Waals surface area contributed by atoms with E-state index in [0.29, 0.717) is 0 Å². The molecule has 1 unspecified atom stereocenters. The number of H-pyrrole nitrogens is 2. The average molecular weight is 303 g/mol. The standard InChI is InChI=1S/C18H17N5/c1-12-16(11-21-23-12)17(22-13-5-3-2-4-6-13)14-7-9-19-18-15(14)8-10-20-18/h2-11,17,22H,1H3,(H,19,20)(H,21,23). The van der Waals surface area contributed by atoms with E-state index in [-0.39, 0.29) is 6.04 Å². The first-order chi connectivity index (χ1) is 11.3. The largest absolute Gasteiger partial charge is 0.374 e. The van der Waals surface area contributed by atoms with Gasteiger partial charge in [-0.15, -0.1) is 0 Å². The Morgan fingerprint density at radius 3 is 2.70 bits per heavy atom. The summed E-state index contributed by atoms with van der Waals surface area (Å²) in [6.45, 7) is 2.01. The first-order valence-electron chi connectivity index (χ1n) is 7.57. The molecule has 4 aromatic rings. The van der Waals surface area contributed by atoms with Crippen LogP contribution in [0.15, 0.2) is 61.1 Å². The minimum Gasteiger partial charge on any atom is -0.374 e. The number of nitrogens with one attached hydrogen (secondary N) is 3. The summed E-state index contributed by atoms with van der Waals surface area (Å²) >= 11 is 0. The second kappa shape index (κ2) is 5.61. The highest BCUT2D eigenvalue weighted by Gasteiger charge is 2.20. The third kappa shape index (κ3) is 2.46. The fourth-order valence-corrected chi connectivity index (χ4v) is 2.92. The molecule has 5 heteroatoms. The van der Waals surface area contributed by atoms with Crippen LogP contribution in [-0.2, 0) is 0 Å². The lowest BCUT2D eigenvalue weighted by molar-refractivity contribution is 0.933. The van der Waals surface area contributed by atoms with E-state index < -0.39 is 0 Å². The molecule has 3 aromatic heterocycles. The topological polar surface area (TPSA) is 69.4 Å². The number of aromatic amines is 2. The van der Waals surface area contributed by atoms with Gasteiger partial charge in [-0.2, -0.15) is 5.10 Å². The maximum atomic E-state index is 4.39. The number of anilines is 1. The maximum Gasteiger partial charge on any atom is 0.137 e. The van der Waals surface area contributed by atoms with Gasteiger partial charge in [-0.25, -0.2) is 4.98 Å². The number of nitrogens with zero attached hydrogens (tertiary/aromatic N) is 2. The number of hydrogen-bond acceptors (Lipinski definition) is 3. The molecule has 0 spiro atoms. The molecule has 4 rings (SSSR count). The smallest absolute Gasteiger partial charge is 0.137 e. The fraction of sp³-hybridized carbons (Fsp3) is 0.111. The second-order valence-electron chi connectivity index (χ2n) is 5.51. The van der Waals surface area contributed by atoms with Crippen molar-refractivity contribution in [1.82, 2.24) is 20.2 Å². The number of benzene rings is 1. The molecular weight excluding hydrogens is 286 g/mol. The Hall–Kier alpha value is -3.08. The van der Waals surface area contributed by atoms with E-state index in [1.165, 1.54) is 5.56 Å². The summed E-state index contributed by atoms with van der Waals surface area (Å²) in [5.41, 5.74) is 5.24. The van der Waals surface area contributed by atoms with Crippen molar-refractivity contribution in [2.45, 2.75) is 13.0 Å². The zero-order valence-electron chi connectivity index (χ0n) is 12.7. The lowest BCUT2D eigenvalue weighted by Gasteiger charge is -2.21. The van der Waals surface area contributed by atoms with Crippen LogP contribution in [0.4, 0.5) is 5.69 Å². The molecule has 3 N–H and O–H groups in total. The Balaban J connectivity index is 1.85. The van der Waals surface area contributed by atoms with Crippen LogP contribution < -0.4 is 5.32 Å². The molecule has 0 aliphatic rings. The van der Waals surface area contributed by atoms with Crippen molar-refractivity contribution in [2.75, 3.05) is 5.32 Å². The van der Waals surface area contributed by atoms with E-state index in [0.717, 1.165) is 28.0 Å². The van der Waals surface area contributed by atoms with Gasteiger partial charge in [-0.1, -0.05) is 18.2 Å². The third-order valence-electron chi connectivity index (χ3n) is 4.07. The van der Waals surface area contributed by atoms with Gasteiger partial charge in [0.05, 0.1) is 11.7 Å². The number of para-hydroxylation sites is 1. The van der Waals surface area contributed by atoms with E-state index in [9.17, 15) is 0 Å². The van der Waals surface area contributed by atoms with E-state index in [2.05, 4.69) is 49.7 Å². The van der Waals surface area contributed by atoms with E-state index in [1.54, 1.807) is 0 Å². The van der Waals surface area contributed by atoms with E-state index in [1.807, 2.05) is 43.7 Å². The second-order valence-corrected chi connectivity index (χ2v) is 5.51. The first kappa shape index (κ1) is 13.6. The number of pyridine rings is 1. The molecule has 0 saturated carbocycles. The summed E-state index contributed by atoms with van der Waals surface area (Å²) in [7, 11) is 0. The van der Waals surface area contributed by atoms with Crippen molar-refractivity contribution >= 4 is 16.7 Å². The van der Waals surface area contributed by atoms with E-state index in [4.69, 9.17) is 0 Å². The van der Waals surface area contributed by atoms with Crippen molar-refractivity contribution in [1.29, 1.82) is 0 Å². The normalized spacial score (nSPS) is 12.4. The molecule has 1 atom stereocenters. The van der Waals surface area contributed by atoms with Gasteiger partial charge >= 0.3 is 0 Å². The molecule has 0 aliphatic heterocycles. The lowest BCUT2D eigenvalue weighted by Crippen LogP contribution is -2.13. The van der Waals surface area contributed by atoms with Gasteiger partial charge in [0, 0.05) is 35.2 Å². The molecule has 0 saturated heterocycles. The fourth-order valence-electron chi connectivity index (χ4n) is 2.92. The highest BCUT2D eigenvalue weighted by atomic mass is 15.1. The van der Waals surface area contributed by atoms with Crippen molar-refractivity contribution in [2.24, 2.45) is 0 Å². The van der Waals surface area contributed by atoms with Crippen LogP contribution in [-0.4, -0.2) is 20.2 Å². The Morgan fingerprint density at radius 2 is 1.91 bits per heavy atom. The van der Waals surface area contributed by atoms with Crippen LogP contribution >= 0.6 is 0 Å². The molecule has 5 nitrogen and oxygen atoms in total. The van der Waals surface area contributed by atoms with Crippen LogP contribution in [0.25, 0.3) is 11.0 Å². The van der Waals surface area contributed by atoms with Crippen molar-refractivity contribution in [3.63, 3.8) is 0 Å². The Kier molecular flexibility index (Phi) is 3.31. The summed E-state index contributed by atoms with van der Waals surface area (Å²) < 4.78 is 0. The number of rotatable bonds is 4. The summed E-state index contributed by atoms with van der Waals surface area (Å²) in [6.07, 6.45) is 5.71. The SMILES string of the molecule is Cc1n[nH]cc1C(Nc1ccccc1)c1ccnc2[nH]ccc12. The van der Waals surface area contributed by atoms with Crippen molar-refractivity contribution < 1.29 is 0 Å². The number of aromatic nitrogens is 4. The predicted molar refractivity (Wildman–Crippen MR) is 91.3 cm³/mol. The molecular formula is C18H17N5. The summed E-state index contributed by atoms with van der Waals surface area (Å²) in [5, 5.41) is 12.0. The van der Waals surface area contributed by atoms with E-state index >= 15 is 0 Å². The van der Waals surface area contributed by atoms with Crippen molar-refractivity contribution in [3.8, 4) is 0 Å². The molecule has 0 aliphatic carbocycles. The molecule has 0 radical (unpaired) electrons.